The van der Waals surface area contributed by atoms with E-state index in [1.807, 2.05) is 6.26 Å². The van der Waals surface area contributed by atoms with Crippen LogP contribution in [0.1, 0.15) is 19.8 Å². The topological polar surface area (TPSA) is 78.2 Å². The van der Waals surface area contributed by atoms with Crippen LogP contribution in [0.4, 0.5) is 0 Å². The molecule has 0 aromatic carbocycles. The van der Waals surface area contributed by atoms with Gasteiger partial charge in [0.1, 0.15) is 10.00 Å². The van der Waals surface area contributed by atoms with Crippen molar-refractivity contribution in [1.82, 2.24) is 4.90 Å². The molecular weight excluding hydrogens is 272 g/mol. The molecule has 18 heavy (non-hydrogen) atoms. The Balaban J connectivity index is 2.70. The maximum absolute atomic E-state index is 12.0. The first-order valence-corrected chi connectivity index (χ1v) is 8.88. The molecule has 0 aromatic rings. The highest BCUT2D eigenvalue weighted by Crippen LogP contribution is 2.34. The van der Waals surface area contributed by atoms with E-state index in [1.54, 1.807) is 4.90 Å². The molecule has 0 aromatic heterocycles. The fourth-order valence-corrected chi connectivity index (χ4v) is 3.09. The van der Waals surface area contributed by atoms with E-state index >= 15 is 0 Å². The third kappa shape index (κ3) is 3.18. The fraction of sp³-hybridized carbons (Fsp3) is 0.818. The molecule has 1 saturated heterocycles. The molecule has 1 aliphatic heterocycles. The van der Waals surface area contributed by atoms with Gasteiger partial charge in [0.2, 0.25) is 5.91 Å². The van der Waals surface area contributed by atoms with Crippen LogP contribution in [0.3, 0.4) is 0 Å². The number of piperidine rings is 1. The SMILES string of the molecule is CSC1(C#N)CCN(C(=O)C(C)S(C)(=O)=O)CC1. The van der Waals surface area contributed by atoms with E-state index in [0.29, 0.717) is 25.9 Å². The van der Waals surface area contributed by atoms with Crippen LogP contribution in [0, 0.1) is 11.3 Å². The first-order valence-electron chi connectivity index (χ1n) is 5.70. The maximum Gasteiger partial charge on any atom is 0.240 e. The van der Waals surface area contributed by atoms with E-state index in [1.165, 1.54) is 18.7 Å². The summed E-state index contributed by atoms with van der Waals surface area (Å²) in [6.45, 7) is 2.32. The molecule has 102 valence electrons. The van der Waals surface area contributed by atoms with Crippen molar-refractivity contribution in [2.24, 2.45) is 0 Å². The number of thioether (sulfide) groups is 1. The van der Waals surface area contributed by atoms with Crippen molar-refractivity contribution in [1.29, 1.82) is 5.26 Å². The molecule has 1 fully saturated rings. The summed E-state index contributed by atoms with van der Waals surface area (Å²) >= 11 is 1.50. The van der Waals surface area contributed by atoms with E-state index < -0.39 is 19.8 Å². The highest BCUT2D eigenvalue weighted by Gasteiger charge is 2.37. The molecule has 0 aliphatic carbocycles. The van der Waals surface area contributed by atoms with Crippen molar-refractivity contribution < 1.29 is 13.2 Å². The highest BCUT2D eigenvalue weighted by molar-refractivity contribution is 8.00. The van der Waals surface area contributed by atoms with Gasteiger partial charge in [-0.05, 0) is 26.0 Å². The molecule has 5 nitrogen and oxygen atoms in total. The zero-order valence-electron chi connectivity index (χ0n) is 10.8. The fourth-order valence-electron chi connectivity index (χ4n) is 1.89. The van der Waals surface area contributed by atoms with Gasteiger partial charge in [-0.25, -0.2) is 8.42 Å². The standard InChI is InChI=1S/C11H18N2O3S2/c1-9(18(3,15)16)10(14)13-6-4-11(8-12,17-2)5-7-13/h9H,4-7H2,1-3H3. The molecule has 1 amide bonds. The van der Waals surface area contributed by atoms with Gasteiger partial charge >= 0.3 is 0 Å². The lowest BCUT2D eigenvalue weighted by atomic mass is 9.97. The summed E-state index contributed by atoms with van der Waals surface area (Å²) in [7, 11) is -3.35. The predicted octanol–water partition coefficient (Wildman–Crippen LogP) is 0.667. The number of carbonyl (C=O) groups excluding carboxylic acids is 1. The predicted molar refractivity (Wildman–Crippen MR) is 72.0 cm³/mol. The molecule has 0 spiro atoms. The molecule has 1 heterocycles. The number of sulfone groups is 1. The van der Waals surface area contributed by atoms with Crippen LogP contribution in [-0.4, -0.2) is 54.8 Å². The van der Waals surface area contributed by atoms with Gasteiger partial charge in [-0.1, -0.05) is 0 Å². The molecule has 1 aliphatic rings. The second kappa shape index (κ2) is 5.49. The van der Waals surface area contributed by atoms with Crippen LogP contribution >= 0.6 is 11.8 Å². The maximum atomic E-state index is 12.0. The van der Waals surface area contributed by atoms with Gasteiger partial charge in [-0.3, -0.25) is 4.79 Å². The average Bonchev–Trinajstić information content (AvgIpc) is 2.36. The Hall–Kier alpha value is -0.740. The molecule has 7 heteroatoms. The summed E-state index contributed by atoms with van der Waals surface area (Å²) in [4.78, 5) is 13.5. The Kier molecular flexibility index (Phi) is 4.67. The van der Waals surface area contributed by atoms with Crippen LogP contribution in [0.2, 0.25) is 0 Å². The van der Waals surface area contributed by atoms with Crippen molar-refractivity contribution in [2.75, 3.05) is 25.6 Å². The van der Waals surface area contributed by atoms with Crippen LogP contribution in [-0.2, 0) is 14.6 Å². The van der Waals surface area contributed by atoms with Crippen LogP contribution in [0.15, 0.2) is 0 Å². The average molecular weight is 290 g/mol. The lowest BCUT2D eigenvalue weighted by Gasteiger charge is -2.37. The first kappa shape index (κ1) is 15.3. The molecule has 0 radical (unpaired) electrons. The second-order valence-corrected chi connectivity index (χ2v) is 8.16. The molecule has 0 bridgehead atoms. The largest absolute Gasteiger partial charge is 0.341 e. The molecule has 0 saturated carbocycles. The van der Waals surface area contributed by atoms with Gasteiger partial charge in [0, 0.05) is 19.3 Å². The van der Waals surface area contributed by atoms with E-state index in [0.717, 1.165) is 6.26 Å². The zero-order valence-corrected chi connectivity index (χ0v) is 12.5. The molecule has 1 unspecified atom stereocenters. The van der Waals surface area contributed by atoms with E-state index in [-0.39, 0.29) is 5.91 Å². The number of nitrogens with zero attached hydrogens (tertiary/aromatic N) is 2. The molecule has 1 atom stereocenters. The van der Waals surface area contributed by atoms with Gasteiger partial charge in [0.25, 0.3) is 0 Å². The van der Waals surface area contributed by atoms with Gasteiger partial charge in [-0.2, -0.15) is 5.26 Å². The van der Waals surface area contributed by atoms with E-state index in [4.69, 9.17) is 5.26 Å². The first-order chi connectivity index (χ1) is 8.25. The van der Waals surface area contributed by atoms with Gasteiger partial charge in [0.15, 0.2) is 9.84 Å². The van der Waals surface area contributed by atoms with Crippen molar-refractivity contribution in [3.63, 3.8) is 0 Å². The Morgan fingerprint density at radius 2 is 1.94 bits per heavy atom. The van der Waals surface area contributed by atoms with Crippen molar-refractivity contribution in [3.05, 3.63) is 0 Å². The highest BCUT2D eigenvalue weighted by atomic mass is 32.2. The summed E-state index contributed by atoms with van der Waals surface area (Å²) in [6.07, 6.45) is 4.14. The minimum Gasteiger partial charge on any atom is -0.341 e. The van der Waals surface area contributed by atoms with Crippen LogP contribution in [0.25, 0.3) is 0 Å². The summed E-state index contributed by atoms with van der Waals surface area (Å²) in [5, 5.41) is 8.14. The number of likely N-dealkylation sites (tertiary alicyclic amines) is 1. The van der Waals surface area contributed by atoms with Crippen molar-refractivity contribution in [3.8, 4) is 6.07 Å². The monoisotopic (exact) mass is 290 g/mol. The quantitative estimate of drug-likeness (QED) is 0.763. The minimum absolute atomic E-state index is 0.356. The number of amides is 1. The van der Waals surface area contributed by atoms with E-state index in [2.05, 4.69) is 6.07 Å². The number of hydrogen-bond acceptors (Lipinski definition) is 5. The lowest BCUT2D eigenvalue weighted by molar-refractivity contribution is -0.131. The third-order valence-corrected chi connectivity index (χ3v) is 6.23. The lowest BCUT2D eigenvalue weighted by Crippen LogP contribution is -2.48. The summed E-state index contributed by atoms with van der Waals surface area (Å²) in [6, 6.07) is 2.29. The molecule has 1 rings (SSSR count). The Labute approximate surface area is 112 Å². The smallest absolute Gasteiger partial charge is 0.240 e. The normalized spacial score (nSPS) is 21.1. The summed E-state index contributed by atoms with van der Waals surface area (Å²) < 4.78 is 22.3. The van der Waals surface area contributed by atoms with Crippen molar-refractivity contribution in [2.45, 2.75) is 29.8 Å². The van der Waals surface area contributed by atoms with Gasteiger partial charge < -0.3 is 4.90 Å². The molecule has 0 N–H and O–H groups in total. The summed E-state index contributed by atoms with van der Waals surface area (Å²) in [5.41, 5.74) is 0. The zero-order chi connectivity index (χ0) is 14.0. The van der Waals surface area contributed by atoms with Crippen molar-refractivity contribution >= 4 is 27.5 Å². The van der Waals surface area contributed by atoms with Crippen LogP contribution < -0.4 is 0 Å². The number of rotatable bonds is 3. The number of nitriles is 1. The number of hydrogen-bond donors (Lipinski definition) is 0. The summed E-state index contributed by atoms with van der Waals surface area (Å²) in [5.74, 6) is -0.356. The Bertz CT molecular complexity index is 459. The van der Waals surface area contributed by atoms with E-state index in [9.17, 15) is 13.2 Å². The molecular formula is C11H18N2O3S2. The van der Waals surface area contributed by atoms with Crippen LogP contribution in [0.5, 0.6) is 0 Å². The third-order valence-electron chi connectivity index (χ3n) is 3.47. The number of carbonyl (C=O) groups is 1. The van der Waals surface area contributed by atoms with Gasteiger partial charge in [0.05, 0.1) is 6.07 Å². The second-order valence-electron chi connectivity index (χ2n) is 4.61. The Morgan fingerprint density at radius 3 is 2.28 bits per heavy atom. The van der Waals surface area contributed by atoms with Gasteiger partial charge in [-0.15, -0.1) is 11.8 Å². The Morgan fingerprint density at radius 1 is 1.44 bits per heavy atom. The minimum atomic E-state index is -3.35.